The summed E-state index contributed by atoms with van der Waals surface area (Å²) in [5, 5.41) is 11.3. The Morgan fingerprint density at radius 2 is 1.58 bits per heavy atom. The summed E-state index contributed by atoms with van der Waals surface area (Å²) in [4.78, 5) is 24.7. The smallest absolute Gasteiger partial charge is 0.312 e. The molecule has 0 aliphatic carbocycles. The van der Waals surface area contributed by atoms with E-state index in [1.807, 2.05) is 17.5 Å². The second kappa shape index (κ2) is 8.11. The van der Waals surface area contributed by atoms with Crippen molar-refractivity contribution in [2.45, 2.75) is 25.7 Å². The van der Waals surface area contributed by atoms with Gasteiger partial charge in [-0.05, 0) is 34.6 Å². The van der Waals surface area contributed by atoms with Gasteiger partial charge in [0.25, 0.3) is 0 Å². The minimum atomic E-state index is -0.964. The van der Waals surface area contributed by atoms with Gasteiger partial charge >= 0.3 is 5.97 Å². The molecule has 3 nitrogen and oxygen atoms in total. The van der Waals surface area contributed by atoms with Gasteiger partial charge in [0.15, 0.2) is 5.78 Å². The molecule has 1 atom stereocenters. The van der Waals surface area contributed by atoms with E-state index in [1.165, 1.54) is 16.9 Å². The molecule has 3 rings (SSSR count). The molecule has 1 unspecified atom stereocenters. The van der Waals surface area contributed by atoms with Gasteiger partial charge in [0.1, 0.15) is 0 Å². The Labute approximate surface area is 156 Å². The molecule has 0 radical (unpaired) electrons. The third-order valence-corrected chi connectivity index (χ3v) is 5.46. The zero-order chi connectivity index (χ0) is 18.5. The Hall–Kier alpha value is -2.72. The summed E-state index contributed by atoms with van der Waals surface area (Å²) >= 11 is 1.37. The number of hydrogen-bond donors (Lipinski definition) is 1. The zero-order valence-corrected chi connectivity index (χ0v) is 15.3. The predicted octanol–water partition coefficient (Wildman–Crippen LogP) is 5.42. The molecule has 132 valence electrons. The Morgan fingerprint density at radius 3 is 2.08 bits per heavy atom. The van der Waals surface area contributed by atoms with Crippen LogP contribution in [0.3, 0.4) is 0 Å². The van der Waals surface area contributed by atoms with Crippen LogP contribution in [-0.2, 0) is 11.2 Å². The number of carboxylic acid groups (broad SMARTS) is 1. The van der Waals surface area contributed by atoms with Crippen molar-refractivity contribution in [1.29, 1.82) is 0 Å². The lowest BCUT2D eigenvalue weighted by Gasteiger charge is -2.10. The summed E-state index contributed by atoms with van der Waals surface area (Å²) in [6, 6.07) is 19.3. The van der Waals surface area contributed by atoms with E-state index < -0.39 is 11.9 Å². The van der Waals surface area contributed by atoms with Gasteiger partial charge in [-0.25, -0.2) is 0 Å². The van der Waals surface area contributed by atoms with E-state index >= 15 is 0 Å². The van der Waals surface area contributed by atoms with Crippen LogP contribution in [0.4, 0.5) is 0 Å². The number of Topliss-reactive ketones (excluding diaryl/α,β-unsaturated/α-hetero) is 1. The summed E-state index contributed by atoms with van der Waals surface area (Å²) in [6.07, 6.45) is 0.975. The molecule has 26 heavy (non-hydrogen) atoms. The molecular weight excluding hydrogens is 344 g/mol. The molecule has 1 N–H and O–H groups in total. The molecule has 0 spiro atoms. The number of carbonyl (C=O) groups is 2. The maximum absolute atomic E-state index is 12.5. The van der Waals surface area contributed by atoms with Gasteiger partial charge in [-0.1, -0.05) is 61.5 Å². The Bertz CT molecular complexity index is 878. The molecule has 0 saturated heterocycles. The third kappa shape index (κ3) is 4.09. The van der Waals surface area contributed by atoms with Crippen molar-refractivity contribution in [3.63, 3.8) is 0 Å². The first-order valence-corrected chi connectivity index (χ1v) is 9.45. The van der Waals surface area contributed by atoms with Crippen molar-refractivity contribution in [1.82, 2.24) is 0 Å². The molecular formula is C22H20O3S. The molecule has 3 aromatic rings. The number of aryl methyl sites for hydroxylation is 1. The minimum absolute atomic E-state index is 0.0274. The van der Waals surface area contributed by atoms with Crippen molar-refractivity contribution in [2.75, 3.05) is 0 Å². The Balaban J connectivity index is 1.74. The molecule has 0 amide bonds. The number of aliphatic carboxylic acids is 1. The second-order valence-electron chi connectivity index (χ2n) is 6.16. The molecule has 2 aromatic carbocycles. The number of thiophene rings is 1. The summed E-state index contributed by atoms with van der Waals surface area (Å²) in [5.74, 6) is -1.91. The van der Waals surface area contributed by atoms with E-state index in [4.69, 9.17) is 0 Å². The van der Waals surface area contributed by atoms with Crippen molar-refractivity contribution in [2.24, 2.45) is 0 Å². The van der Waals surface area contributed by atoms with Crippen LogP contribution >= 0.6 is 11.3 Å². The van der Waals surface area contributed by atoms with E-state index in [2.05, 4.69) is 31.2 Å². The summed E-state index contributed by atoms with van der Waals surface area (Å²) < 4.78 is 0. The first-order chi connectivity index (χ1) is 12.6. The van der Waals surface area contributed by atoms with Gasteiger partial charge in [-0.3, -0.25) is 9.59 Å². The van der Waals surface area contributed by atoms with E-state index in [-0.39, 0.29) is 12.2 Å². The summed E-state index contributed by atoms with van der Waals surface area (Å²) in [6.45, 7) is 2.12. The third-order valence-electron chi connectivity index (χ3n) is 4.48. The molecule has 1 aromatic heterocycles. The lowest BCUT2D eigenvalue weighted by molar-refractivity contribution is -0.138. The predicted molar refractivity (Wildman–Crippen MR) is 105 cm³/mol. The van der Waals surface area contributed by atoms with Crippen molar-refractivity contribution < 1.29 is 14.7 Å². The topological polar surface area (TPSA) is 54.4 Å². The van der Waals surface area contributed by atoms with Crippen LogP contribution < -0.4 is 0 Å². The van der Waals surface area contributed by atoms with Gasteiger partial charge in [0.05, 0.1) is 5.92 Å². The number of carboxylic acids is 1. The minimum Gasteiger partial charge on any atom is -0.481 e. The van der Waals surface area contributed by atoms with Gasteiger partial charge in [0.2, 0.25) is 0 Å². The molecule has 4 heteroatoms. The molecule has 0 fully saturated rings. The molecule has 0 aliphatic rings. The molecule has 0 aliphatic heterocycles. The van der Waals surface area contributed by atoms with E-state index in [0.29, 0.717) is 10.4 Å². The van der Waals surface area contributed by atoms with Crippen LogP contribution in [0.2, 0.25) is 0 Å². The zero-order valence-electron chi connectivity index (χ0n) is 14.5. The number of carbonyl (C=O) groups excluding carboxylic acids is 1. The lowest BCUT2D eigenvalue weighted by Crippen LogP contribution is -2.15. The molecule has 1 heterocycles. The fourth-order valence-corrected chi connectivity index (χ4v) is 3.70. The largest absolute Gasteiger partial charge is 0.481 e. The second-order valence-corrected chi connectivity index (χ2v) is 7.14. The van der Waals surface area contributed by atoms with Crippen LogP contribution in [0.1, 0.15) is 40.1 Å². The first kappa shape index (κ1) is 18.1. The maximum Gasteiger partial charge on any atom is 0.312 e. The standard InChI is InChI=1S/C22H20O3S/c1-2-15-5-7-16(8-6-15)17-9-11-18(12-10-17)20(23)14-19(22(24)25)21-4-3-13-26-21/h3-13,19H,2,14H2,1H3,(H,24,25). The number of benzene rings is 2. The highest BCUT2D eigenvalue weighted by molar-refractivity contribution is 7.10. The van der Waals surface area contributed by atoms with Crippen LogP contribution in [0.15, 0.2) is 66.0 Å². The monoisotopic (exact) mass is 364 g/mol. The number of hydrogen-bond acceptors (Lipinski definition) is 3. The van der Waals surface area contributed by atoms with Crippen molar-refractivity contribution in [3.8, 4) is 11.1 Å². The molecule has 0 bridgehead atoms. The van der Waals surface area contributed by atoms with Crippen molar-refractivity contribution in [3.05, 3.63) is 82.0 Å². The van der Waals surface area contributed by atoms with Gasteiger partial charge in [0, 0.05) is 16.9 Å². The van der Waals surface area contributed by atoms with Crippen molar-refractivity contribution >= 4 is 23.1 Å². The summed E-state index contributed by atoms with van der Waals surface area (Å²) in [5.41, 5.74) is 3.97. The maximum atomic E-state index is 12.5. The Morgan fingerprint density at radius 1 is 0.962 bits per heavy atom. The van der Waals surface area contributed by atoms with Gasteiger partial charge in [-0.15, -0.1) is 11.3 Å². The average molecular weight is 364 g/mol. The number of rotatable bonds is 7. The fourth-order valence-electron chi connectivity index (χ4n) is 2.88. The quantitative estimate of drug-likeness (QED) is 0.570. The number of ketones is 1. The van der Waals surface area contributed by atoms with Gasteiger partial charge in [-0.2, -0.15) is 0 Å². The molecule has 0 saturated carbocycles. The van der Waals surface area contributed by atoms with E-state index in [9.17, 15) is 14.7 Å². The van der Waals surface area contributed by atoms with Crippen LogP contribution in [0.25, 0.3) is 11.1 Å². The van der Waals surface area contributed by atoms with Crippen LogP contribution in [0, 0.1) is 0 Å². The normalized spacial score (nSPS) is 11.9. The van der Waals surface area contributed by atoms with Gasteiger partial charge < -0.3 is 5.11 Å². The van der Waals surface area contributed by atoms with E-state index in [0.717, 1.165) is 17.5 Å². The SMILES string of the molecule is CCc1ccc(-c2ccc(C(=O)CC(C(=O)O)c3cccs3)cc2)cc1. The first-order valence-electron chi connectivity index (χ1n) is 8.57. The van der Waals surface area contributed by atoms with Crippen LogP contribution in [0.5, 0.6) is 0 Å². The summed E-state index contributed by atoms with van der Waals surface area (Å²) in [7, 11) is 0. The highest BCUT2D eigenvalue weighted by atomic mass is 32.1. The average Bonchev–Trinajstić information content (AvgIpc) is 3.20. The lowest BCUT2D eigenvalue weighted by atomic mass is 9.95. The Kier molecular flexibility index (Phi) is 5.64. The highest BCUT2D eigenvalue weighted by Crippen LogP contribution is 2.27. The van der Waals surface area contributed by atoms with Crippen LogP contribution in [-0.4, -0.2) is 16.9 Å². The fraction of sp³-hybridized carbons (Fsp3) is 0.182. The van der Waals surface area contributed by atoms with E-state index in [1.54, 1.807) is 24.3 Å². The highest BCUT2D eigenvalue weighted by Gasteiger charge is 2.24.